The third-order valence-corrected chi connectivity index (χ3v) is 1.87. The number of esters is 1. The molecular weight excluding hydrogens is 179 g/mol. The normalized spacial score (nSPS) is 25.1. The highest BCUT2D eigenvalue weighted by molar-refractivity contribution is 6.37. The molecule has 0 aromatic rings. The molecule has 0 spiro atoms. The molecule has 1 aliphatic rings. The highest BCUT2D eigenvalue weighted by atomic mass is 19.1. The van der Waals surface area contributed by atoms with Crippen molar-refractivity contribution in [2.45, 2.75) is 19.0 Å². The maximum atomic E-state index is 12.3. The van der Waals surface area contributed by atoms with Gasteiger partial charge in [-0.25, -0.2) is 9.18 Å². The number of carbonyl (C=O) groups is 3. The van der Waals surface area contributed by atoms with Gasteiger partial charge in [0.2, 0.25) is 5.78 Å². The third-order valence-electron chi connectivity index (χ3n) is 1.87. The highest BCUT2D eigenvalue weighted by Crippen LogP contribution is 2.35. The minimum atomic E-state index is -1.13. The summed E-state index contributed by atoms with van der Waals surface area (Å²) in [6, 6.07) is 0. The lowest BCUT2D eigenvalue weighted by molar-refractivity contribution is -0.152. The summed E-state index contributed by atoms with van der Waals surface area (Å²) in [6.45, 7) is 0. The minimum Gasteiger partial charge on any atom is -0.463 e. The first kappa shape index (κ1) is 9.83. The summed E-state index contributed by atoms with van der Waals surface area (Å²) >= 11 is 0. The maximum Gasteiger partial charge on any atom is 0.374 e. The van der Waals surface area contributed by atoms with Crippen LogP contribution in [0, 0.1) is 5.92 Å². The fourth-order valence-corrected chi connectivity index (χ4v) is 0.973. The average molecular weight is 188 g/mol. The lowest BCUT2D eigenvalue weighted by Crippen LogP contribution is -2.20. The second kappa shape index (κ2) is 3.64. The number of methoxy groups -OCH3 is 1. The van der Waals surface area contributed by atoms with E-state index in [1.54, 1.807) is 0 Å². The van der Waals surface area contributed by atoms with E-state index in [0.717, 1.165) is 7.11 Å². The van der Waals surface area contributed by atoms with Crippen molar-refractivity contribution in [3.05, 3.63) is 0 Å². The van der Waals surface area contributed by atoms with Crippen LogP contribution < -0.4 is 0 Å². The third kappa shape index (κ3) is 2.34. The highest BCUT2D eigenvalue weighted by Gasteiger charge is 2.44. The van der Waals surface area contributed by atoms with Gasteiger partial charge in [-0.15, -0.1) is 0 Å². The summed E-state index contributed by atoms with van der Waals surface area (Å²) < 4.78 is 16.4. The molecule has 0 bridgehead atoms. The molecule has 72 valence electrons. The number of carbonyl (C=O) groups excluding carboxylic acids is 3. The van der Waals surface area contributed by atoms with E-state index in [1.807, 2.05) is 0 Å². The van der Waals surface area contributed by atoms with Crippen molar-refractivity contribution in [1.82, 2.24) is 0 Å². The summed E-state index contributed by atoms with van der Waals surface area (Å²) in [5.41, 5.74) is 0. The average Bonchev–Trinajstić information content (AvgIpc) is 2.81. The van der Waals surface area contributed by atoms with Gasteiger partial charge in [-0.05, 0) is 6.42 Å². The molecule has 4 nitrogen and oxygen atoms in total. The van der Waals surface area contributed by atoms with E-state index in [0.29, 0.717) is 0 Å². The molecule has 13 heavy (non-hydrogen) atoms. The van der Waals surface area contributed by atoms with Crippen molar-refractivity contribution in [3.8, 4) is 0 Å². The Balaban J connectivity index is 2.36. The van der Waals surface area contributed by atoms with Gasteiger partial charge in [0.25, 0.3) is 0 Å². The summed E-state index contributed by atoms with van der Waals surface area (Å²) in [4.78, 5) is 32.3. The van der Waals surface area contributed by atoms with Gasteiger partial charge >= 0.3 is 5.97 Å². The first-order valence-corrected chi connectivity index (χ1v) is 3.84. The SMILES string of the molecule is COC(=O)C(=O)CC(=O)C1CC1F. The second-order valence-electron chi connectivity index (χ2n) is 2.92. The molecule has 2 atom stereocenters. The smallest absolute Gasteiger partial charge is 0.374 e. The first-order chi connectivity index (χ1) is 6.06. The molecule has 5 heteroatoms. The van der Waals surface area contributed by atoms with Crippen molar-refractivity contribution in [1.29, 1.82) is 0 Å². The minimum absolute atomic E-state index is 0.174. The van der Waals surface area contributed by atoms with Gasteiger partial charge in [-0.2, -0.15) is 0 Å². The van der Waals surface area contributed by atoms with E-state index in [1.165, 1.54) is 0 Å². The van der Waals surface area contributed by atoms with Gasteiger partial charge in [-0.3, -0.25) is 9.59 Å². The molecule has 1 rings (SSSR count). The summed E-state index contributed by atoms with van der Waals surface area (Å²) in [5.74, 6) is -3.15. The topological polar surface area (TPSA) is 60.4 Å². The number of ketones is 2. The molecule has 0 aromatic carbocycles. The van der Waals surface area contributed by atoms with Crippen LogP contribution in [0.3, 0.4) is 0 Å². The van der Waals surface area contributed by atoms with Gasteiger partial charge < -0.3 is 4.74 Å². The second-order valence-corrected chi connectivity index (χ2v) is 2.92. The lowest BCUT2D eigenvalue weighted by Gasteiger charge is -1.96. The molecule has 1 fully saturated rings. The Bertz CT molecular complexity index is 261. The zero-order valence-corrected chi connectivity index (χ0v) is 7.08. The van der Waals surface area contributed by atoms with Crippen LogP contribution in [-0.4, -0.2) is 30.8 Å². The Kier molecular flexibility index (Phi) is 2.75. The van der Waals surface area contributed by atoms with Crippen molar-refractivity contribution < 1.29 is 23.5 Å². The standard InChI is InChI=1S/C8H9FO4/c1-13-8(12)7(11)3-6(10)4-2-5(4)9/h4-5H,2-3H2,1H3. The fraction of sp³-hybridized carbons (Fsp3) is 0.625. The van der Waals surface area contributed by atoms with Crippen LogP contribution in [0.25, 0.3) is 0 Å². The largest absolute Gasteiger partial charge is 0.463 e. The van der Waals surface area contributed by atoms with Gasteiger partial charge in [0.15, 0.2) is 0 Å². The monoisotopic (exact) mass is 188 g/mol. The molecular formula is C8H9FO4. The van der Waals surface area contributed by atoms with E-state index in [9.17, 15) is 18.8 Å². The lowest BCUT2D eigenvalue weighted by atomic mass is 10.1. The van der Waals surface area contributed by atoms with Crippen LogP contribution in [0.1, 0.15) is 12.8 Å². The summed E-state index contributed by atoms with van der Waals surface area (Å²) in [7, 11) is 1.06. The molecule has 0 saturated heterocycles. The summed E-state index contributed by atoms with van der Waals surface area (Å²) in [6.07, 6.45) is -1.50. The van der Waals surface area contributed by atoms with E-state index in [-0.39, 0.29) is 6.42 Å². The molecule has 0 radical (unpaired) electrons. The Morgan fingerprint density at radius 2 is 2.00 bits per heavy atom. The molecule has 0 aliphatic heterocycles. The number of hydrogen-bond acceptors (Lipinski definition) is 4. The molecule has 0 heterocycles. The number of alkyl halides is 1. The summed E-state index contributed by atoms with van der Waals surface area (Å²) in [5, 5.41) is 0. The Labute approximate surface area is 74.1 Å². The number of halogens is 1. The van der Waals surface area contributed by atoms with Gasteiger partial charge in [0.05, 0.1) is 19.4 Å². The van der Waals surface area contributed by atoms with Gasteiger partial charge in [0.1, 0.15) is 12.0 Å². The van der Waals surface area contributed by atoms with E-state index in [4.69, 9.17) is 0 Å². The van der Waals surface area contributed by atoms with Gasteiger partial charge in [-0.1, -0.05) is 0 Å². The van der Waals surface area contributed by atoms with Crippen LogP contribution in [-0.2, 0) is 19.1 Å². The number of rotatable bonds is 4. The molecule has 0 amide bonds. The molecule has 1 aliphatic carbocycles. The van der Waals surface area contributed by atoms with Gasteiger partial charge in [0, 0.05) is 0 Å². The fourth-order valence-electron chi connectivity index (χ4n) is 0.973. The van der Waals surface area contributed by atoms with E-state index >= 15 is 0 Å². The predicted octanol–water partition coefficient (Wildman–Crippen LogP) is 0.0457. The van der Waals surface area contributed by atoms with Crippen LogP contribution in [0.5, 0.6) is 0 Å². The number of Topliss-reactive ketones (excluding diaryl/α,β-unsaturated/α-hetero) is 2. The van der Waals surface area contributed by atoms with Crippen molar-refractivity contribution >= 4 is 17.5 Å². The maximum absolute atomic E-state index is 12.3. The van der Waals surface area contributed by atoms with Crippen molar-refractivity contribution in [2.75, 3.05) is 7.11 Å². The van der Waals surface area contributed by atoms with Crippen molar-refractivity contribution in [3.63, 3.8) is 0 Å². The quantitative estimate of drug-likeness (QED) is 0.355. The van der Waals surface area contributed by atoms with Crippen LogP contribution in [0.4, 0.5) is 4.39 Å². The van der Waals surface area contributed by atoms with Crippen LogP contribution in [0.15, 0.2) is 0 Å². The molecule has 0 aromatic heterocycles. The van der Waals surface area contributed by atoms with Crippen LogP contribution >= 0.6 is 0 Å². The Morgan fingerprint density at radius 1 is 1.46 bits per heavy atom. The Hall–Kier alpha value is -1.26. The van der Waals surface area contributed by atoms with E-state index < -0.39 is 36.0 Å². The predicted molar refractivity (Wildman–Crippen MR) is 39.7 cm³/mol. The first-order valence-electron chi connectivity index (χ1n) is 3.84. The zero-order valence-electron chi connectivity index (χ0n) is 7.08. The zero-order chi connectivity index (χ0) is 10.0. The van der Waals surface area contributed by atoms with E-state index in [2.05, 4.69) is 4.74 Å². The number of ether oxygens (including phenoxy) is 1. The van der Waals surface area contributed by atoms with Crippen LogP contribution in [0.2, 0.25) is 0 Å². The number of hydrogen-bond donors (Lipinski definition) is 0. The van der Waals surface area contributed by atoms with Crippen molar-refractivity contribution in [2.24, 2.45) is 5.92 Å². The molecule has 1 saturated carbocycles. The Morgan fingerprint density at radius 3 is 2.38 bits per heavy atom. The molecule has 0 N–H and O–H groups in total. The molecule has 2 unspecified atom stereocenters.